The van der Waals surface area contributed by atoms with Gasteiger partial charge in [-0.05, 0) is 44.9 Å². The monoisotopic (exact) mass is 387 g/mol. The number of nitrogens with one attached hydrogen (secondary N) is 1. The van der Waals surface area contributed by atoms with E-state index < -0.39 is 17.7 Å². The van der Waals surface area contributed by atoms with Gasteiger partial charge in [-0.1, -0.05) is 13.0 Å². The van der Waals surface area contributed by atoms with Gasteiger partial charge >= 0.3 is 11.7 Å². The van der Waals surface area contributed by atoms with Crippen LogP contribution in [0.2, 0.25) is 0 Å². The van der Waals surface area contributed by atoms with E-state index in [4.69, 9.17) is 4.74 Å². The molecule has 0 saturated heterocycles. The minimum atomic E-state index is -0.823. The predicted molar refractivity (Wildman–Crippen MR) is 102 cm³/mol. The molecular weight excluding hydrogens is 365 g/mol. The van der Waals surface area contributed by atoms with Gasteiger partial charge in [0.25, 0.3) is 5.78 Å². The molecule has 3 aromatic rings. The minimum absolute atomic E-state index is 0.142. The molecule has 0 unspecified atom stereocenters. The number of aryl methyl sites for hydroxylation is 2. The fourth-order valence-corrected chi connectivity index (χ4v) is 2.92. The lowest BCUT2D eigenvalue weighted by atomic mass is 10.2. The Morgan fingerprint density at radius 1 is 1.29 bits per heavy atom. The lowest BCUT2D eigenvalue weighted by Crippen LogP contribution is -2.31. The molecule has 1 N–H and O–H groups in total. The molecule has 28 heavy (non-hydrogen) atoms. The van der Waals surface area contributed by atoms with Crippen molar-refractivity contribution in [3.8, 4) is 0 Å². The van der Waals surface area contributed by atoms with Crippen molar-refractivity contribution in [2.75, 3.05) is 11.9 Å². The third kappa shape index (κ3) is 3.60. The van der Waals surface area contributed by atoms with Crippen LogP contribution in [0.1, 0.15) is 37.6 Å². The Bertz CT molecular complexity index is 1090. The van der Waals surface area contributed by atoms with E-state index in [1.807, 2.05) is 0 Å². The number of ether oxygens (including phenoxy) is 1. The Morgan fingerprint density at radius 3 is 2.68 bits per heavy atom. The third-order valence-electron chi connectivity index (χ3n) is 4.39. The molecule has 0 bridgehead atoms. The number of benzene rings is 1. The number of anilines is 2. The first-order valence-electron chi connectivity index (χ1n) is 9.04. The molecule has 0 saturated carbocycles. The summed E-state index contributed by atoms with van der Waals surface area (Å²) in [6, 6.07) is 5.60. The maximum Gasteiger partial charge on any atom is 0.352 e. The molecule has 0 fully saturated rings. The summed E-state index contributed by atoms with van der Waals surface area (Å²) in [5, 5.41) is 7.24. The molecule has 0 spiro atoms. The fourth-order valence-electron chi connectivity index (χ4n) is 2.92. The molecule has 0 aliphatic heterocycles. The van der Waals surface area contributed by atoms with Crippen molar-refractivity contribution in [3.05, 3.63) is 51.8 Å². The van der Waals surface area contributed by atoms with Crippen molar-refractivity contribution in [1.82, 2.24) is 19.2 Å². The van der Waals surface area contributed by atoms with E-state index in [1.165, 1.54) is 10.5 Å². The quantitative estimate of drug-likeness (QED) is 0.654. The topological polar surface area (TPSA) is 90.5 Å². The van der Waals surface area contributed by atoms with Crippen molar-refractivity contribution >= 4 is 23.3 Å². The fraction of sp³-hybridized carbons (Fsp3) is 0.368. The molecule has 2 heterocycles. The number of aromatic nitrogens is 4. The molecule has 0 aliphatic carbocycles. The lowest BCUT2D eigenvalue weighted by Gasteiger charge is -2.11. The van der Waals surface area contributed by atoms with Crippen molar-refractivity contribution in [3.63, 3.8) is 0 Å². The molecular formula is C19H22FN5O3. The molecule has 1 aromatic carbocycles. The van der Waals surface area contributed by atoms with E-state index in [0.29, 0.717) is 29.2 Å². The highest BCUT2D eigenvalue weighted by Gasteiger charge is 2.25. The van der Waals surface area contributed by atoms with E-state index in [0.717, 1.165) is 4.68 Å². The summed E-state index contributed by atoms with van der Waals surface area (Å²) >= 11 is 0. The Kier molecular flexibility index (Phi) is 5.43. The average Bonchev–Trinajstić information content (AvgIpc) is 2.96. The Hall–Kier alpha value is -3.23. The SMILES string of the molecule is CCOC(=O)[C@H](CC)n1nc2nc(Nc3ccc(C)c(F)c3)cc(C)n2c1=O. The van der Waals surface area contributed by atoms with E-state index in [1.54, 1.807) is 45.9 Å². The minimum Gasteiger partial charge on any atom is -0.464 e. The Morgan fingerprint density at radius 2 is 2.04 bits per heavy atom. The van der Waals surface area contributed by atoms with Gasteiger partial charge in [0.2, 0.25) is 0 Å². The second kappa shape index (κ2) is 7.79. The zero-order valence-electron chi connectivity index (χ0n) is 16.2. The first-order valence-corrected chi connectivity index (χ1v) is 9.04. The molecule has 0 aliphatic rings. The van der Waals surface area contributed by atoms with E-state index in [9.17, 15) is 14.0 Å². The number of hydrogen-bond acceptors (Lipinski definition) is 6. The summed E-state index contributed by atoms with van der Waals surface area (Å²) < 4.78 is 21.2. The molecule has 0 amide bonds. The van der Waals surface area contributed by atoms with Gasteiger partial charge in [-0.25, -0.2) is 18.4 Å². The maximum absolute atomic E-state index is 13.8. The van der Waals surface area contributed by atoms with Gasteiger partial charge in [0.1, 0.15) is 11.6 Å². The van der Waals surface area contributed by atoms with Crippen molar-refractivity contribution in [2.24, 2.45) is 0 Å². The smallest absolute Gasteiger partial charge is 0.352 e. The predicted octanol–water partition coefficient (Wildman–Crippen LogP) is 2.90. The number of carbonyl (C=O) groups excluding carboxylic acids is 1. The van der Waals surface area contributed by atoms with Gasteiger partial charge in [0.05, 0.1) is 6.61 Å². The number of fused-ring (bicyclic) bond motifs is 1. The molecule has 0 radical (unpaired) electrons. The van der Waals surface area contributed by atoms with E-state index in [2.05, 4.69) is 15.4 Å². The number of carbonyl (C=O) groups is 1. The largest absolute Gasteiger partial charge is 0.464 e. The second-order valence-corrected chi connectivity index (χ2v) is 6.41. The van der Waals surface area contributed by atoms with Crippen LogP contribution in [0.3, 0.4) is 0 Å². The molecule has 1 atom stereocenters. The van der Waals surface area contributed by atoms with Gasteiger partial charge in [-0.15, -0.1) is 5.10 Å². The molecule has 148 valence electrons. The van der Waals surface area contributed by atoms with Crippen LogP contribution < -0.4 is 11.0 Å². The van der Waals surface area contributed by atoms with Crippen molar-refractivity contribution in [1.29, 1.82) is 0 Å². The van der Waals surface area contributed by atoms with Gasteiger partial charge in [0.15, 0.2) is 6.04 Å². The summed E-state index contributed by atoms with van der Waals surface area (Å²) in [6.45, 7) is 7.11. The van der Waals surface area contributed by atoms with Gasteiger partial charge in [-0.2, -0.15) is 9.67 Å². The number of nitrogens with zero attached hydrogens (tertiary/aromatic N) is 4. The summed E-state index contributed by atoms with van der Waals surface area (Å²) in [6.07, 6.45) is 0.357. The highest BCUT2D eigenvalue weighted by molar-refractivity contribution is 5.74. The highest BCUT2D eigenvalue weighted by atomic mass is 19.1. The Labute approximate surface area is 161 Å². The van der Waals surface area contributed by atoms with Crippen LogP contribution >= 0.6 is 0 Å². The van der Waals surface area contributed by atoms with Crippen molar-refractivity contribution in [2.45, 2.75) is 40.2 Å². The summed E-state index contributed by atoms with van der Waals surface area (Å²) in [5.41, 5.74) is 1.18. The van der Waals surface area contributed by atoms with Crippen LogP contribution in [0, 0.1) is 19.7 Å². The average molecular weight is 387 g/mol. The van der Waals surface area contributed by atoms with Crippen LogP contribution in [0.4, 0.5) is 15.9 Å². The summed E-state index contributed by atoms with van der Waals surface area (Å²) in [5.74, 6) is -0.289. The summed E-state index contributed by atoms with van der Waals surface area (Å²) in [7, 11) is 0. The number of esters is 1. The Balaban J connectivity index is 2.02. The standard InChI is InChI=1S/C19H22FN5O3/c1-5-15(17(26)28-6-2)25-19(27)24-12(4)9-16(22-18(24)23-25)21-13-8-7-11(3)14(20)10-13/h7-10,15H,5-6H2,1-4H3,(H,21,22,23)/t15-/m0/s1. The van der Waals surface area contributed by atoms with Gasteiger partial charge < -0.3 is 10.1 Å². The lowest BCUT2D eigenvalue weighted by molar-refractivity contribution is -0.147. The number of rotatable bonds is 6. The van der Waals surface area contributed by atoms with E-state index >= 15 is 0 Å². The molecule has 2 aromatic heterocycles. The van der Waals surface area contributed by atoms with Gasteiger partial charge in [-0.3, -0.25) is 0 Å². The van der Waals surface area contributed by atoms with Crippen LogP contribution in [-0.2, 0) is 9.53 Å². The van der Waals surface area contributed by atoms with Crippen LogP contribution in [0.5, 0.6) is 0 Å². The van der Waals surface area contributed by atoms with Crippen molar-refractivity contribution < 1.29 is 13.9 Å². The zero-order valence-corrected chi connectivity index (χ0v) is 16.2. The van der Waals surface area contributed by atoms with Gasteiger partial charge in [0, 0.05) is 17.4 Å². The van der Waals surface area contributed by atoms with Crippen LogP contribution in [0.25, 0.3) is 5.78 Å². The zero-order chi connectivity index (χ0) is 20.4. The normalized spacial score (nSPS) is 12.2. The number of halogens is 1. The van der Waals surface area contributed by atoms with Crippen LogP contribution in [-0.4, -0.2) is 31.7 Å². The maximum atomic E-state index is 13.8. The summed E-state index contributed by atoms with van der Waals surface area (Å²) in [4.78, 5) is 29.2. The molecule has 3 rings (SSSR count). The number of hydrogen-bond donors (Lipinski definition) is 1. The van der Waals surface area contributed by atoms with Crippen LogP contribution in [0.15, 0.2) is 29.1 Å². The molecule has 8 nitrogen and oxygen atoms in total. The molecule has 9 heteroatoms. The first-order chi connectivity index (χ1) is 13.3. The first kappa shape index (κ1) is 19.5. The van der Waals surface area contributed by atoms with E-state index in [-0.39, 0.29) is 18.2 Å². The third-order valence-corrected chi connectivity index (χ3v) is 4.39. The highest BCUT2D eigenvalue weighted by Crippen LogP contribution is 2.19. The second-order valence-electron chi connectivity index (χ2n) is 6.41.